The van der Waals surface area contributed by atoms with Gasteiger partial charge in [0.1, 0.15) is 10.9 Å². The van der Waals surface area contributed by atoms with Crippen LogP contribution in [0.1, 0.15) is 22.3 Å². The maximum atomic E-state index is 10.8. The molecule has 0 spiro atoms. The molecule has 0 saturated carbocycles. The minimum atomic E-state index is -0.151. The van der Waals surface area contributed by atoms with E-state index < -0.39 is 0 Å². The Labute approximate surface area is 67.4 Å². The van der Waals surface area contributed by atoms with Gasteiger partial charge in [-0.15, -0.1) is 0 Å². The molecule has 0 saturated heterocycles. The molecule has 5 heteroatoms. The first-order chi connectivity index (χ1) is 5.16. The Morgan fingerprint density at radius 2 is 2.45 bits per heavy atom. The zero-order valence-electron chi connectivity index (χ0n) is 5.79. The van der Waals surface area contributed by atoms with E-state index in [1.807, 2.05) is 0 Å². The van der Waals surface area contributed by atoms with E-state index in [-0.39, 0.29) is 17.2 Å². The molecule has 0 unspecified atom stereocenters. The zero-order chi connectivity index (χ0) is 8.43. The molecule has 0 aromatic carbocycles. The number of Topliss-reactive ketones (excluding diaryl/α,β-unsaturated/α-hetero) is 1. The van der Waals surface area contributed by atoms with Gasteiger partial charge in [-0.1, -0.05) is 0 Å². The maximum Gasteiger partial charge on any atom is 0.177 e. The lowest BCUT2D eigenvalue weighted by Gasteiger charge is -1.87. The average Bonchev–Trinajstić information content (AvgIpc) is 2.30. The summed E-state index contributed by atoms with van der Waals surface area (Å²) in [6, 6.07) is 1.79. The van der Waals surface area contributed by atoms with Crippen molar-refractivity contribution in [2.75, 3.05) is 5.73 Å². The number of rotatable bonds is 1. The van der Waals surface area contributed by atoms with Crippen molar-refractivity contribution in [2.24, 2.45) is 0 Å². The summed E-state index contributed by atoms with van der Waals surface area (Å²) in [6.07, 6.45) is 0. The number of carbonyl (C=O) groups is 1. The van der Waals surface area contributed by atoms with Crippen molar-refractivity contribution in [3.63, 3.8) is 0 Å². The maximum absolute atomic E-state index is 10.8. The van der Waals surface area contributed by atoms with E-state index >= 15 is 0 Å². The van der Waals surface area contributed by atoms with Crippen LogP contribution in [0.15, 0.2) is 0 Å². The lowest BCUT2D eigenvalue weighted by Crippen LogP contribution is -1.95. The standard InChI is InChI=1S/C6H5N3OS/c1-3(10)6-5(8)4(2-7)9-11-6/h8H2,1H3. The fourth-order valence-corrected chi connectivity index (χ4v) is 1.28. The van der Waals surface area contributed by atoms with Crippen molar-refractivity contribution in [3.05, 3.63) is 10.6 Å². The van der Waals surface area contributed by atoms with Crippen molar-refractivity contribution in [1.82, 2.24) is 4.37 Å². The van der Waals surface area contributed by atoms with Crippen molar-refractivity contribution < 1.29 is 4.79 Å². The summed E-state index contributed by atoms with van der Waals surface area (Å²) >= 11 is 0.962. The van der Waals surface area contributed by atoms with E-state index in [9.17, 15) is 4.79 Å². The largest absolute Gasteiger partial charge is 0.395 e. The summed E-state index contributed by atoms with van der Waals surface area (Å²) in [4.78, 5) is 11.1. The van der Waals surface area contributed by atoms with E-state index in [4.69, 9.17) is 11.0 Å². The minimum Gasteiger partial charge on any atom is -0.395 e. The van der Waals surface area contributed by atoms with Gasteiger partial charge < -0.3 is 5.73 Å². The second kappa shape index (κ2) is 2.68. The van der Waals surface area contributed by atoms with Crippen LogP contribution in [-0.4, -0.2) is 10.2 Å². The lowest BCUT2D eigenvalue weighted by atomic mass is 10.3. The van der Waals surface area contributed by atoms with Gasteiger partial charge in [-0.2, -0.15) is 9.64 Å². The van der Waals surface area contributed by atoms with Gasteiger partial charge in [0.25, 0.3) is 0 Å². The summed E-state index contributed by atoms with van der Waals surface area (Å²) in [5.74, 6) is -0.151. The highest BCUT2D eigenvalue weighted by molar-refractivity contribution is 7.08. The number of hydrogen-bond acceptors (Lipinski definition) is 5. The normalized spacial score (nSPS) is 9.09. The van der Waals surface area contributed by atoms with Gasteiger partial charge in [0.2, 0.25) is 0 Å². The third-order valence-corrected chi connectivity index (χ3v) is 2.12. The van der Waals surface area contributed by atoms with Crippen LogP contribution < -0.4 is 5.73 Å². The van der Waals surface area contributed by atoms with E-state index in [1.165, 1.54) is 6.92 Å². The molecular weight excluding hydrogens is 162 g/mol. The highest BCUT2D eigenvalue weighted by Gasteiger charge is 2.12. The summed E-state index contributed by atoms with van der Waals surface area (Å²) in [5.41, 5.74) is 5.76. The van der Waals surface area contributed by atoms with Crippen LogP contribution in [0.5, 0.6) is 0 Å². The van der Waals surface area contributed by atoms with Crippen molar-refractivity contribution in [3.8, 4) is 6.07 Å². The summed E-state index contributed by atoms with van der Waals surface area (Å²) in [6.45, 7) is 1.39. The van der Waals surface area contributed by atoms with Crippen molar-refractivity contribution in [2.45, 2.75) is 6.92 Å². The van der Waals surface area contributed by atoms with Gasteiger partial charge in [-0.3, -0.25) is 4.79 Å². The van der Waals surface area contributed by atoms with Crippen LogP contribution >= 0.6 is 11.5 Å². The van der Waals surface area contributed by atoms with Gasteiger partial charge in [-0.25, -0.2) is 0 Å². The second-order valence-corrected chi connectivity index (χ2v) is 2.72. The predicted molar refractivity (Wildman–Crippen MR) is 41.2 cm³/mol. The number of carbonyl (C=O) groups excluding carboxylic acids is 1. The Kier molecular flexibility index (Phi) is 1.87. The van der Waals surface area contributed by atoms with Crippen LogP contribution in [-0.2, 0) is 0 Å². The number of nitrogens with two attached hydrogens (primary N) is 1. The minimum absolute atomic E-state index is 0.139. The van der Waals surface area contributed by atoms with E-state index in [0.29, 0.717) is 4.88 Å². The van der Waals surface area contributed by atoms with E-state index in [1.54, 1.807) is 6.07 Å². The van der Waals surface area contributed by atoms with Crippen LogP contribution in [0.4, 0.5) is 5.69 Å². The molecule has 1 aromatic heterocycles. The Bertz CT molecular complexity index is 336. The molecule has 2 N–H and O–H groups in total. The van der Waals surface area contributed by atoms with Gasteiger partial charge in [0.05, 0.1) is 5.69 Å². The van der Waals surface area contributed by atoms with Crippen LogP contribution in [0.3, 0.4) is 0 Å². The highest BCUT2D eigenvalue weighted by Crippen LogP contribution is 2.20. The number of nitrogen functional groups attached to an aromatic ring is 1. The van der Waals surface area contributed by atoms with Crippen LogP contribution in [0.25, 0.3) is 0 Å². The third-order valence-electron chi connectivity index (χ3n) is 1.15. The first kappa shape index (κ1) is 7.69. The highest BCUT2D eigenvalue weighted by atomic mass is 32.1. The smallest absolute Gasteiger partial charge is 0.177 e. The molecule has 11 heavy (non-hydrogen) atoms. The fraction of sp³-hybridized carbons (Fsp3) is 0.167. The number of nitrogens with zero attached hydrogens (tertiary/aromatic N) is 2. The molecule has 4 nitrogen and oxygen atoms in total. The Hall–Kier alpha value is -1.41. The molecule has 0 aliphatic rings. The monoisotopic (exact) mass is 167 g/mol. The van der Waals surface area contributed by atoms with Gasteiger partial charge in [0.15, 0.2) is 11.5 Å². The number of anilines is 1. The van der Waals surface area contributed by atoms with Crippen LogP contribution in [0, 0.1) is 11.3 Å². The molecule has 56 valence electrons. The van der Waals surface area contributed by atoms with Crippen molar-refractivity contribution >= 4 is 23.0 Å². The van der Waals surface area contributed by atoms with Gasteiger partial charge in [0, 0.05) is 6.92 Å². The second-order valence-electron chi connectivity index (χ2n) is 1.94. The number of nitriles is 1. The predicted octanol–water partition coefficient (Wildman–Crippen LogP) is 0.800. The lowest BCUT2D eigenvalue weighted by molar-refractivity contribution is 0.102. The Balaban J connectivity index is 3.24. The fourth-order valence-electron chi connectivity index (χ4n) is 0.632. The molecule has 0 aliphatic carbocycles. The van der Waals surface area contributed by atoms with E-state index in [0.717, 1.165) is 11.5 Å². The quantitative estimate of drug-likeness (QED) is 0.627. The molecule has 1 aromatic rings. The molecule has 0 fully saturated rings. The van der Waals surface area contributed by atoms with Crippen LogP contribution in [0.2, 0.25) is 0 Å². The number of ketones is 1. The summed E-state index contributed by atoms with van der Waals surface area (Å²) < 4.78 is 3.69. The molecule has 0 amide bonds. The molecule has 1 rings (SSSR count). The SMILES string of the molecule is CC(=O)c1snc(C#N)c1N. The first-order valence-electron chi connectivity index (χ1n) is 2.83. The molecular formula is C6H5N3OS. The number of aromatic nitrogens is 1. The van der Waals surface area contributed by atoms with E-state index in [2.05, 4.69) is 4.37 Å². The number of hydrogen-bond donors (Lipinski definition) is 1. The molecule has 0 radical (unpaired) electrons. The summed E-state index contributed by atoms with van der Waals surface area (Å²) in [5, 5.41) is 8.42. The molecule has 1 heterocycles. The summed E-state index contributed by atoms with van der Waals surface area (Å²) in [7, 11) is 0. The Morgan fingerprint density at radius 3 is 2.73 bits per heavy atom. The average molecular weight is 167 g/mol. The van der Waals surface area contributed by atoms with Gasteiger partial charge in [-0.05, 0) is 11.5 Å². The van der Waals surface area contributed by atoms with Crippen molar-refractivity contribution in [1.29, 1.82) is 5.26 Å². The molecule has 0 aliphatic heterocycles. The first-order valence-corrected chi connectivity index (χ1v) is 3.60. The Morgan fingerprint density at radius 1 is 1.82 bits per heavy atom. The molecule has 0 bridgehead atoms. The third kappa shape index (κ3) is 1.21. The molecule has 0 atom stereocenters. The zero-order valence-corrected chi connectivity index (χ0v) is 6.60. The van der Waals surface area contributed by atoms with Gasteiger partial charge >= 0.3 is 0 Å². The topological polar surface area (TPSA) is 79.8 Å².